The first-order valence-electron chi connectivity index (χ1n) is 10.9. The molecule has 1 amide bonds. The van der Waals surface area contributed by atoms with E-state index in [2.05, 4.69) is 15.6 Å². The van der Waals surface area contributed by atoms with Crippen LogP contribution in [0.15, 0.2) is 24.4 Å². The van der Waals surface area contributed by atoms with Gasteiger partial charge in [-0.2, -0.15) is 0 Å². The van der Waals surface area contributed by atoms with E-state index in [0.29, 0.717) is 5.69 Å². The van der Waals surface area contributed by atoms with E-state index in [1.54, 1.807) is 0 Å². The Labute approximate surface area is 176 Å². The van der Waals surface area contributed by atoms with Crippen molar-refractivity contribution < 1.29 is 14.3 Å². The van der Waals surface area contributed by atoms with E-state index in [1.165, 1.54) is 0 Å². The number of H-pyrrole nitrogens is 1. The van der Waals surface area contributed by atoms with Gasteiger partial charge < -0.3 is 25.5 Å². The highest BCUT2D eigenvalue weighted by Crippen LogP contribution is 2.31. The molecule has 2 aliphatic rings. The van der Waals surface area contributed by atoms with Gasteiger partial charge in [-0.25, -0.2) is 9.78 Å². The summed E-state index contributed by atoms with van der Waals surface area (Å²) in [6.07, 6.45) is 8.83. The number of amides is 1. The van der Waals surface area contributed by atoms with Gasteiger partial charge in [0, 0.05) is 36.3 Å². The molecule has 2 aromatic rings. The second kappa shape index (κ2) is 9.95. The average Bonchev–Trinajstić information content (AvgIpc) is 3.43. The van der Waals surface area contributed by atoms with E-state index >= 15 is 0 Å². The molecule has 8 heteroatoms. The van der Waals surface area contributed by atoms with E-state index in [1.807, 2.05) is 24.4 Å². The van der Waals surface area contributed by atoms with Crippen molar-refractivity contribution in [1.29, 1.82) is 0 Å². The molecule has 0 unspecified atom stereocenters. The largest absolute Gasteiger partial charge is 0.447 e. The van der Waals surface area contributed by atoms with Crippen LogP contribution in [0, 0.1) is 0 Å². The molecule has 1 fully saturated rings. The van der Waals surface area contributed by atoms with Gasteiger partial charge in [-0.05, 0) is 43.9 Å². The van der Waals surface area contributed by atoms with Crippen LogP contribution >= 0.6 is 0 Å². The van der Waals surface area contributed by atoms with Gasteiger partial charge in [-0.1, -0.05) is 19.3 Å². The Morgan fingerprint density at radius 2 is 2.13 bits per heavy atom. The van der Waals surface area contributed by atoms with Crippen molar-refractivity contribution in [3.05, 3.63) is 30.2 Å². The predicted molar refractivity (Wildman–Crippen MR) is 116 cm³/mol. The Kier molecular flexibility index (Phi) is 6.86. The summed E-state index contributed by atoms with van der Waals surface area (Å²) in [6, 6.07) is 5.68. The van der Waals surface area contributed by atoms with E-state index < -0.39 is 6.09 Å². The van der Waals surface area contributed by atoms with Crippen LogP contribution in [-0.2, 0) is 9.47 Å². The lowest BCUT2D eigenvalue weighted by atomic mass is 10.1. The third-order valence-corrected chi connectivity index (χ3v) is 5.67. The maximum atomic E-state index is 12.2. The Hall–Kier alpha value is -2.58. The fourth-order valence-electron chi connectivity index (χ4n) is 3.96. The summed E-state index contributed by atoms with van der Waals surface area (Å²) < 4.78 is 10.8. The number of ether oxygens (including phenoxy) is 2. The molecule has 0 aliphatic carbocycles. The van der Waals surface area contributed by atoms with E-state index in [0.717, 1.165) is 80.9 Å². The predicted octanol–water partition coefficient (Wildman–Crippen LogP) is 4.18. The number of rotatable bonds is 3. The summed E-state index contributed by atoms with van der Waals surface area (Å²) >= 11 is 0. The Bertz CT molecular complexity index is 847. The lowest BCUT2D eigenvalue weighted by molar-refractivity contribution is 0.0484. The van der Waals surface area contributed by atoms with Crippen LogP contribution in [-0.4, -0.2) is 41.9 Å². The SMILES string of the molecule is N[C@H]1CCCCCCNc2cc(NC(=O)OC[C@H]3CCCO3)ccc2-c2c[nH]c1n2. The number of anilines is 2. The smallest absolute Gasteiger partial charge is 0.411 e. The standard InChI is InChI=1S/C22H31N5O3/c23-18-7-3-1-2-4-10-24-19-12-15(8-9-17(19)20-13-25-21(18)27-20)26-22(28)30-14-16-6-5-11-29-16/h8-9,12-13,16,18,24H,1-7,10-11,14,23H2,(H,25,27)(H,26,28)/t16-,18+/m1/s1. The first-order valence-corrected chi connectivity index (χ1v) is 10.9. The Morgan fingerprint density at radius 1 is 1.23 bits per heavy atom. The molecule has 2 aliphatic heterocycles. The number of aromatic nitrogens is 2. The third-order valence-electron chi connectivity index (χ3n) is 5.67. The van der Waals surface area contributed by atoms with Crippen LogP contribution in [0.25, 0.3) is 11.3 Å². The van der Waals surface area contributed by atoms with Crippen molar-refractivity contribution in [3.8, 4) is 11.3 Å². The summed E-state index contributed by atoms with van der Waals surface area (Å²) in [6.45, 7) is 1.89. The molecule has 2 bridgehead atoms. The maximum absolute atomic E-state index is 12.2. The number of hydrogen-bond donors (Lipinski definition) is 4. The molecular formula is C22H31N5O3. The first-order chi connectivity index (χ1) is 14.7. The van der Waals surface area contributed by atoms with Gasteiger partial charge in [0.05, 0.1) is 17.8 Å². The number of aromatic amines is 1. The minimum Gasteiger partial charge on any atom is -0.447 e. The molecule has 0 spiro atoms. The van der Waals surface area contributed by atoms with Crippen molar-refractivity contribution >= 4 is 17.5 Å². The zero-order valence-corrected chi connectivity index (χ0v) is 17.3. The topological polar surface area (TPSA) is 114 Å². The van der Waals surface area contributed by atoms with E-state index in [9.17, 15) is 4.79 Å². The number of nitrogens with one attached hydrogen (secondary N) is 3. The molecule has 5 N–H and O–H groups in total. The second-order valence-electron chi connectivity index (χ2n) is 8.03. The van der Waals surface area contributed by atoms with Gasteiger partial charge in [0.2, 0.25) is 0 Å². The van der Waals surface area contributed by atoms with Gasteiger partial charge in [0.15, 0.2) is 0 Å². The number of benzene rings is 1. The van der Waals surface area contributed by atoms with Crippen LogP contribution in [0.5, 0.6) is 0 Å². The van der Waals surface area contributed by atoms with Crippen LogP contribution in [0.4, 0.5) is 16.2 Å². The quantitative estimate of drug-likeness (QED) is 0.600. The van der Waals surface area contributed by atoms with Gasteiger partial charge in [-0.3, -0.25) is 5.32 Å². The number of hydrogen-bond acceptors (Lipinski definition) is 6. The minimum absolute atomic E-state index is 0.0122. The van der Waals surface area contributed by atoms with Crippen LogP contribution < -0.4 is 16.4 Å². The average molecular weight is 414 g/mol. The lowest BCUT2D eigenvalue weighted by Gasteiger charge is -2.14. The molecule has 3 heterocycles. The molecule has 8 nitrogen and oxygen atoms in total. The van der Waals surface area contributed by atoms with Crippen LogP contribution in [0.2, 0.25) is 0 Å². The number of nitrogens with zero attached hydrogens (tertiary/aromatic N) is 1. The number of carbonyl (C=O) groups excluding carboxylic acids is 1. The normalized spacial score (nSPS) is 22.0. The van der Waals surface area contributed by atoms with Crippen molar-refractivity contribution in [3.63, 3.8) is 0 Å². The van der Waals surface area contributed by atoms with Gasteiger partial charge in [0.1, 0.15) is 12.4 Å². The summed E-state index contributed by atoms with van der Waals surface area (Å²) in [4.78, 5) is 20.1. The number of fused-ring (bicyclic) bond motifs is 4. The minimum atomic E-state index is -0.469. The summed E-state index contributed by atoms with van der Waals surface area (Å²) in [5.41, 5.74) is 9.72. The highest BCUT2D eigenvalue weighted by Gasteiger charge is 2.18. The second-order valence-corrected chi connectivity index (χ2v) is 8.03. The molecule has 30 heavy (non-hydrogen) atoms. The molecule has 1 saturated heterocycles. The molecular weight excluding hydrogens is 382 g/mol. The third kappa shape index (κ3) is 5.31. The Morgan fingerprint density at radius 3 is 3.00 bits per heavy atom. The lowest BCUT2D eigenvalue weighted by Crippen LogP contribution is -2.21. The van der Waals surface area contributed by atoms with Crippen molar-refractivity contribution in [1.82, 2.24) is 9.97 Å². The summed E-state index contributed by atoms with van der Waals surface area (Å²) in [5, 5.41) is 6.32. The van der Waals surface area contributed by atoms with Crippen molar-refractivity contribution in [2.45, 2.75) is 57.1 Å². The Balaban J connectivity index is 1.48. The first kappa shape index (κ1) is 20.7. The summed E-state index contributed by atoms with van der Waals surface area (Å²) in [5.74, 6) is 0.815. The number of nitrogens with two attached hydrogens (primary N) is 1. The summed E-state index contributed by atoms with van der Waals surface area (Å²) in [7, 11) is 0. The molecule has 1 aromatic carbocycles. The highest BCUT2D eigenvalue weighted by molar-refractivity contribution is 5.88. The number of carbonyl (C=O) groups is 1. The van der Waals surface area contributed by atoms with Gasteiger partial charge in [-0.15, -0.1) is 0 Å². The molecule has 2 atom stereocenters. The molecule has 0 radical (unpaired) electrons. The molecule has 162 valence electrons. The monoisotopic (exact) mass is 413 g/mol. The molecule has 0 saturated carbocycles. The van der Waals surface area contributed by atoms with E-state index in [4.69, 9.17) is 20.2 Å². The fourth-order valence-corrected chi connectivity index (χ4v) is 3.96. The van der Waals surface area contributed by atoms with Gasteiger partial charge in [0.25, 0.3) is 0 Å². The molecule has 4 rings (SSSR count). The fraction of sp³-hybridized carbons (Fsp3) is 0.545. The van der Waals surface area contributed by atoms with Crippen molar-refractivity contribution in [2.75, 3.05) is 30.4 Å². The van der Waals surface area contributed by atoms with Crippen LogP contribution in [0.1, 0.15) is 56.8 Å². The van der Waals surface area contributed by atoms with Crippen molar-refractivity contribution in [2.24, 2.45) is 5.73 Å². The zero-order chi connectivity index (χ0) is 20.8. The molecule has 1 aromatic heterocycles. The number of imidazole rings is 1. The van der Waals surface area contributed by atoms with Gasteiger partial charge >= 0.3 is 6.09 Å². The van der Waals surface area contributed by atoms with Crippen LogP contribution in [0.3, 0.4) is 0 Å². The highest BCUT2D eigenvalue weighted by atomic mass is 16.6. The zero-order valence-electron chi connectivity index (χ0n) is 17.3. The maximum Gasteiger partial charge on any atom is 0.411 e. The van der Waals surface area contributed by atoms with E-state index in [-0.39, 0.29) is 18.8 Å².